The molecule has 0 radical (unpaired) electrons. The van der Waals surface area contributed by atoms with Crippen molar-refractivity contribution in [2.24, 2.45) is 16.7 Å². The van der Waals surface area contributed by atoms with Gasteiger partial charge < -0.3 is 0 Å². The van der Waals surface area contributed by atoms with Gasteiger partial charge in [-0.25, -0.2) is 0 Å². The second-order valence-electron chi connectivity index (χ2n) is 14.0. The van der Waals surface area contributed by atoms with Crippen molar-refractivity contribution < 1.29 is 0 Å². The van der Waals surface area contributed by atoms with Crippen LogP contribution in [0.5, 0.6) is 0 Å². The minimum atomic E-state index is 0.321. The lowest BCUT2D eigenvalue weighted by Crippen LogP contribution is -2.20. The molecule has 0 fully saturated rings. The summed E-state index contributed by atoms with van der Waals surface area (Å²) in [4.78, 5) is 0. The molecule has 0 aromatic heterocycles. The first-order chi connectivity index (χ1) is 18.8. The van der Waals surface area contributed by atoms with E-state index in [1.54, 1.807) is 22.3 Å². The third kappa shape index (κ3) is 11.6. The first kappa shape index (κ1) is 33.9. The van der Waals surface area contributed by atoms with Crippen LogP contribution in [-0.4, -0.2) is 0 Å². The van der Waals surface area contributed by atoms with E-state index in [0.717, 1.165) is 12.8 Å². The summed E-state index contributed by atoms with van der Waals surface area (Å²) >= 11 is 0. The number of hydrogen-bond donors (Lipinski definition) is 0. The minimum Gasteiger partial charge on any atom is -0.0837 e. The first-order valence-corrected chi connectivity index (χ1v) is 15.9. The van der Waals surface area contributed by atoms with Crippen LogP contribution < -0.4 is 0 Å². The van der Waals surface area contributed by atoms with Crippen molar-refractivity contribution in [1.82, 2.24) is 0 Å². The van der Waals surface area contributed by atoms with Gasteiger partial charge in [-0.1, -0.05) is 135 Å². The zero-order chi connectivity index (χ0) is 29.8. The molecule has 40 heavy (non-hydrogen) atoms. The summed E-state index contributed by atoms with van der Waals surface area (Å²) in [5, 5.41) is 0. The van der Waals surface area contributed by atoms with Crippen LogP contribution in [0.15, 0.2) is 106 Å². The fourth-order valence-electron chi connectivity index (χ4n) is 6.34. The van der Waals surface area contributed by atoms with Crippen LogP contribution >= 0.6 is 0 Å². The Kier molecular flexibility index (Phi) is 13.7. The molecule has 0 aliphatic heterocycles. The molecule has 2 aliphatic rings. The Morgan fingerprint density at radius 3 is 2.00 bits per heavy atom. The molecule has 1 unspecified atom stereocenters. The maximum atomic E-state index is 2.43. The Hall–Kier alpha value is -2.34. The van der Waals surface area contributed by atoms with E-state index in [-0.39, 0.29) is 0 Å². The normalized spacial score (nSPS) is 22.1. The molecule has 1 atom stereocenters. The van der Waals surface area contributed by atoms with Crippen molar-refractivity contribution in [3.05, 3.63) is 106 Å². The van der Waals surface area contributed by atoms with Gasteiger partial charge in [-0.2, -0.15) is 0 Å². The SMILES string of the molecule is CC1=C(/C=C/C(C)CC=C/C(C)=C/C=C/C=C(C)\C=C/C=C(\C)CCC2=C(C)CCCC2(C)C)C(C)(C)CCC1. The van der Waals surface area contributed by atoms with Crippen molar-refractivity contribution in [2.75, 3.05) is 0 Å². The van der Waals surface area contributed by atoms with E-state index >= 15 is 0 Å². The first-order valence-electron chi connectivity index (χ1n) is 15.9. The Bertz CT molecular complexity index is 1110. The zero-order valence-corrected chi connectivity index (χ0v) is 27.8. The fourth-order valence-corrected chi connectivity index (χ4v) is 6.34. The molecule has 0 heterocycles. The minimum absolute atomic E-state index is 0.321. The quantitative estimate of drug-likeness (QED) is 0.170. The van der Waals surface area contributed by atoms with Gasteiger partial charge in [0.2, 0.25) is 0 Å². The van der Waals surface area contributed by atoms with E-state index in [1.807, 2.05) is 0 Å². The van der Waals surface area contributed by atoms with Crippen LogP contribution in [0.4, 0.5) is 0 Å². The number of allylic oxidation sites excluding steroid dienone is 18. The molecule has 2 rings (SSSR count). The van der Waals surface area contributed by atoms with E-state index in [0.29, 0.717) is 16.7 Å². The highest BCUT2D eigenvalue weighted by Crippen LogP contribution is 2.43. The predicted octanol–water partition coefficient (Wildman–Crippen LogP) is 12.9. The van der Waals surface area contributed by atoms with Gasteiger partial charge in [0.15, 0.2) is 0 Å². The average molecular weight is 541 g/mol. The third-order valence-electron chi connectivity index (χ3n) is 9.05. The summed E-state index contributed by atoms with van der Waals surface area (Å²) in [5.41, 5.74) is 11.2. The highest BCUT2D eigenvalue weighted by atomic mass is 14.3. The van der Waals surface area contributed by atoms with Crippen LogP contribution in [0.3, 0.4) is 0 Å². The lowest BCUT2D eigenvalue weighted by atomic mass is 9.71. The molecule has 0 amide bonds. The zero-order valence-electron chi connectivity index (χ0n) is 27.8. The molecule has 0 aromatic rings. The largest absolute Gasteiger partial charge is 0.0837 e. The molecular formula is C40H60. The Morgan fingerprint density at radius 1 is 0.775 bits per heavy atom. The molecule has 220 valence electrons. The Labute approximate surface area is 249 Å². The van der Waals surface area contributed by atoms with Gasteiger partial charge >= 0.3 is 0 Å². The molecule has 0 bridgehead atoms. The molecule has 0 heteroatoms. The van der Waals surface area contributed by atoms with Crippen LogP contribution in [0, 0.1) is 16.7 Å². The van der Waals surface area contributed by atoms with Crippen LogP contribution in [-0.2, 0) is 0 Å². The van der Waals surface area contributed by atoms with E-state index < -0.39 is 0 Å². The summed E-state index contributed by atoms with van der Waals surface area (Å²) < 4.78 is 0. The fraction of sp³-hybridized carbons (Fsp3) is 0.550. The second kappa shape index (κ2) is 16.2. The Balaban J connectivity index is 1.79. The maximum Gasteiger partial charge on any atom is -0.0104 e. The Morgan fingerprint density at radius 2 is 1.38 bits per heavy atom. The average Bonchev–Trinajstić information content (AvgIpc) is 2.85. The van der Waals surface area contributed by atoms with E-state index in [2.05, 4.69) is 136 Å². The lowest BCUT2D eigenvalue weighted by molar-refractivity contribution is 0.354. The summed E-state index contributed by atoms with van der Waals surface area (Å²) in [6.07, 6.45) is 36.0. The van der Waals surface area contributed by atoms with Crippen molar-refractivity contribution in [3.8, 4) is 0 Å². The molecule has 0 nitrogen and oxygen atoms in total. The van der Waals surface area contributed by atoms with Crippen molar-refractivity contribution in [1.29, 1.82) is 0 Å². The van der Waals surface area contributed by atoms with Crippen molar-refractivity contribution >= 4 is 0 Å². The smallest absolute Gasteiger partial charge is 0.0104 e. The summed E-state index contributed by atoms with van der Waals surface area (Å²) in [6.45, 7) is 23.2. The van der Waals surface area contributed by atoms with Crippen molar-refractivity contribution in [3.63, 3.8) is 0 Å². The van der Waals surface area contributed by atoms with Gasteiger partial charge in [0.25, 0.3) is 0 Å². The maximum absolute atomic E-state index is 2.43. The predicted molar refractivity (Wildman–Crippen MR) is 182 cm³/mol. The third-order valence-corrected chi connectivity index (χ3v) is 9.05. The second-order valence-corrected chi connectivity index (χ2v) is 14.0. The molecule has 0 N–H and O–H groups in total. The van der Waals surface area contributed by atoms with Gasteiger partial charge in [0, 0.05) is 0 Å². The highest BCUT2D eigenvalue weighted by Gasteiger charge is 2.28. The van der Waals surface area contributed by atoms with Gasteiger partial charge in [0.05, 0.1) is 0 Å². The number of rotatable bonds is 12. The molecule has 2 aliphatic carbocycles. The number of hydrogen-bond acceptors (Lipinski definition) is 0. The molecule has 0 saturated heterocycles. The van der Waals surface area contributed by atoms with Crippen LogP contribution in [0.1, 0.15) is 127 Å². The summed E-state index contributed by atoms with van der Waals surface area (Å²) in [6, 6.07) is 0. The topological polar surface area (TPSA) is 0 Å². The molecule has 0 aromatic carbocycles. The van der Waals surface area contributed by atoms with Gasteiger partial charge in [-0.15, -0.1) is 0 Å². The highest BCUT2D eigenvalue weighted by molar-refractivity contribution is 5.33. The van der Waals surface area contributed by atoms with Crippen LogP contribution in [0.2, 0.25) is 0 Å². The van der Waals surface area contributed by atoms with E-state index in [9.17, 15) is 0 Å². The monoisotopic (exact) mass is 540 g/mol. The molecule has 0 spiro atoms. The van der Waals surface area contributed by atoms with Gasteiger partial charge in [0.1, 0.15) is 0 Å². The lowest BCUT2D eigenvalue weighted by Gasteiger charge is -2.34. The van der Waals surface area contributed by atoms with Crippen LogP contribution in [0.25, 0.3) is 0 Å². The standard InChI is InChI=1S/C40H60/c1-31(19-13-21-33(3)25-27-37-35(5)23-15-29-39(37,7)8)17-11-12-18-32(2)20-14-22-34(4)26-28-38-36(6)24-16-30-40(38,9)10/h11-14,17-21,26,28,34H,15-16,22-25,27,29-30H2,1-10H3/b12-11+,19-13-,20-14?,28-26+,31-17-,32-18+,33-21+. The summed E-state index contributed by atoms with van der Waals surface area (Å²) in [5.74, 6) is 0.549. The van der Waals surface area contributed by atoms with E-state index in [1.165, 1.54) is 61.7 Å². The van der Waals surface area contributed by atoms with E-state index in [4.69, 9.17) is 0 Å². The van der Waals surface area contributed by atoms with Gasteiger partial charge in [-0.05, 0) is 115 Å². The molecule has 0 saturated carbocycles. The van der Waals surface area contributed by atoms with Crippen molar-refractivity contribution in [2.45, 2.75) is 127 Å². The summed E-state index contributed by atoms with van der Waals surface area (Å²) in [7, 11) is 0. The molecular weight excluding hydrogens is 480 g/mol. The van der Waals surface area contributed by atoms with Gasteiger partial charge in [-0.3, -0.25) is 0 Å².